The van der Waals surface area contributed by atoms with Gasteiger partial charge in [-0.2, -0.15) is 0 Å². The number of nitrogens with zero attached hydrogens (tertiary/aromatic N) is 4. The third-order valence-electron chi connectivity index (χ3n) is 5.65. The highest BCUT2D eigenvalue weighted by atomic mass is 32.2. The number of anilines is 1. The van der Waals surface area contributed by atoms with Crippen LogP contribution in [0.1, 0.15) is 22.8 Å². The number of carbonyl (C=O) groups is 2. The Bertz CT molecular complexity index is 1770. The van der Waals surface area contributed by atoms with Gasteiger partial charge in [0.15, 0.2) is 10.1 Å². The highest BCUT2D eigenvalue weighted by molar-refractivity contribution is 8.01. The van der Waals surface area contributed by atoms with Crippen molar-refractivity contribution in [3.63, 3.8) is 0 Å². The molecule has 0 fully saturated rings. The number of aliphatic imine (C=N–C) groups is 1. The molecule has 0 saturated carbocycles. The number of nitro groups is 1. The largest absolute Gasteiger partial charge is 0.325 e. The summed E-state index contributed by atoms with van der Waals surface area (Å²) < 4.78 is 1.66. The lowest BCUT2D eigenvalue weighted by Gasteiger charge is -2.04. The summed E-state index contributed by atoms with van der Waals surface area (Å²) in [6.07, 6.45) is 3.24. The Labute approximate surface area is 247 Å². The second kappa shape index (κ2) is 12.9. The number of aromatic nitrogens is 2. The predicted molar refractivity (Wildman–Crippen MR) is 164 cm³/mol. The molecule has 0 unspecified atom stereocenters. The number of benzene rings is 3. The number of hydrogen-bond acceptors (Lipinski definition) is 10. The number of thioether (sulfide) groups is 1. The summed E-state index contributed by atoms with van der Waals surface area (Å²) in [5, 5.41) is 15.2. The summed E-state index contributed by atoms with van der Waals surface area (Å²) in [4.78, 5) is 48.9. The number of carbonyl (C=O) groups excluding carboxylic acids is 2. The van der Waals surface area contributed by atoms with Gasteiger partial charge in [0.25, 0.3) is 5.69 Å². The van der Waals surface area contributed by atoms with Gasteiger partial charge in [-0.15, -0.1) is 11.3 Å². The number of ketones is 1. The van der Waals surface area contributed by atoms with Gasteiger partial charge >= 0.3 is 0 Å². The summed E-state index contributed by atoms with van der Waals surface area (Å²) >= 11 is 4.03. The Morgan fingerprint density at radius 2 is 1.90 bits per heavy atom. The van der Waals surface area contributed by atoms with E-state index in [9.17, 15) is 19.7 Å². The fourth-order valence-corrected chi connectivity index (χ4v) is 6.42. The number of nitro benzene ring substituents is 1. The van der Waals surface area contributed by atoms with E-state index in [4.69, 9.17) is 0 Å². The highest BCUT2D eigenvalue weighted by Crippen LogP contribution is 2.35. The summed E-state index contributed by atoms with van der Waals surface area (Å²) in [7, 11) is 0. The zero-order valence-corrected chi connectivity index (χ0v) is 24.0. The summed E-state index contributed by atoms with van der Waals surface area (Å²) in [6, 6.07) is 22.7. The van der Waals surface area contributed by atoms with E-state index in [0.717, 1.165) is 14.6 Å². The number of thiazole rings is 1. The van der Waals surface area contributed by atoms with Gasteiger partial charge in [-0.05, 0) is 73.2 Å². The van der Waals surface area contributed by atoms with Gasteiger partial charge < -0.3 is 5.32 Å². The van der Waals surface area contributed by atoms with Crippen molar-refractivity contribution in [1.82, 2.24) is 9.97 Å². The molecule has 41 heavy (non-hydrogen) atoms. The Balaban J connectivity index is 1.23. The van der Waals surface area contributed by atoms with Crippen LogP contribution in [0.4, 0.5) is 17.1 Å². The molecule has 2 aromatic heterocycles. The first-order valence-electron chi connectivity index (χ1n) is 12.2. The van der Waals surface area contributed by atoms with Gasteiger partial charge in [0.1, 0.15) is 5.03 Å². The zero-order chi connectivity index (χ0) is 28.8. The smallest absolute Gasteiger partial charge is 0.283 e. The lowest BCUT2D eigenvalue weighted by Crippen LogP contribution is -2.13. The Morgan fingerprint density at radius 3 is 2.63 bits per heavy atom. The molecule has 2 heterocycles. The van der Waals surface area contributed by atoms with Crippen LogP contribution in [0.5, 0.6) is 0 Å². The number of nitrogens with one attached hydrogen (secondary N) is 1. The molecule has 0 radical (unpaired) electrons. The molecule has 0 saturated heterocycles. The first-order valence-corrected chi connectivity index (χ1v) is 14.8. The second-order valence-electron chi connectivity index (χ2n) is 8.61. The van der Waals surface area contributed by atoms with Gasteiger partial charge in [0, 0.05) is 29.7 Å². The van der Waals surface area contributed by atoms with E-state index in [1.807, 2.05) is 24.3 Å². The van der Waals surface area contributed by atoms with Crippen molar-refractivity contribution >= 4 is 80.0 Å². The van der Waals surface area contributed by atoms with Crippen molar-refractivity contribution in [2.75, 3.05) is 11.1 Å². The van der Waals surface area contributed by atoms with E-state index >= 15 is 0 Å². The summed E-state index contributed by atoms with van der Waals surface area (Å²) in [6.45, 7) is 1.49. The summed E-state index contributed by atoms with van der Waals surface area (Å²) in [5.41, 5.74) is 3.28. The SMILES string of the molecule is CC(=O)c1ccc(NC(=O)CSc2nc3ccc(N=Cc4ccc(Sc5ccccn5)c([N+](=O)[O-])c4)cc3s2)cc1. The number of fused-ring (bicyclic) bond motifs is 1. The van der Waals surface area contributed by atoms with Crippen LogP contribution in [0, 0.1) is 10.1 Å². The molecule has 0 aliphatic heterocycles. The topological polar surface area (TPSA) is 127 Å². The number of rotatable bonds is 10. The average molecular weight is 600 g/mol. The number of hydrogen-bond donors (Lipinski definition) is 1. The molecule has 9 nitrogen and oxygen atoms in total. The van der Waals surface area contributed by atoms with Crippen LogP contribution >= 0.6 is 34.9 Å². The third kappa shape index (κ3) is 7.42. The molecule has 0 spiro atoms. The Hall–Kier alpha value is -4.39. The van der Waals surface area contributed by atoms with Gasteiger partial charge in [0.05, 0.1) is 31.5 Å². The first kappa shape index (κ1) is 28.1. The van der Waals surface area contributed by atoms with Crippen molar-refractivity contribution in [1.29, 1.82) is 0 Å². The van der Waals surface area contributed by atoms with Crippen molar-refractivity contribution < 1.29 is 14.5 Å². The molecular weight excluding hydrogens is 579 g/mol. The molecule has 5 aromatic rings. The first-order chi connectivity index (χ1) is 19.8. The van der Waals surface area contributed by atoms with E-state index < -0.39 is 4.92 Å². The molecule has 0 aliphatic rings. The minimum Gasteiger partial charge on any atom is -0.325 e. The van der Waals surface area contributed by atoms with E-state index in [-0.39, 0.29) is 23.1 Å². The molecule has 5 rings (SSSR count). The van der Waals surface area contributed by atoms with Gasteiger partial charge in [-0.25, -0.2) is 9.97 Å². The molecule has 1 amide bonds. The van der Waals surface area contributed by atoms with Crippen molar-refractivity contribution in [2.45, 2.75) is 21.2 Å². The lowest BCUT2D eigenvalue weighted by molar-refractivity contribution is -0.387. The average Bonchev–Trinajstić information content (AvgIpc) is 3.38. The van der Waals surface area contributed by atoms with Crippen LogP contribution in [-0.2, 0) is 4.79 Å². The normalized spacial score (nSPS) is 11.1. The fraction of sp³-hybridized carbons (Fsp3) is 0.0690. The Kier molecular flexibility index (Phi) is 8.82. The van der Waals surface area contributed by atoms with Crippen LogP contribution in [0.15, 0.2) is 104 Å². The van der Waals surface area contributed by atoms with Gasteiger partial charge in [0.2, 0.25) is 5.91 Å². The predicted octanol–water partition coefficient (Wildman–Crippen LogP) is 7.43. The Morgan fingerprint density at radius 1 is 1.07 bits per heavy atom. The standard InChI is InChI=1S/C29H21N5O4S3/c1-18(35)20-6-8-21(9-7-20)32-27(36)17-39-29-33-23-11-10-22(15-26(23)41-29)31-16-19-5-12-25(24(14-19)34(37)38)40-28-4-2-3-13-30-28/h2-16H,17H2,1H3,(H,32,36). The van der Waals surface area contributed by atoms with Crippen LogP contribution < -0.4 is 5.32 Å². The van der Waals surface area contributed by atoms with E-state index in [2.05, 4.69) is 20.3 Å². The molecule has 1 N–H and O–H groups in total. The van der Waals surface area contributed by atoms with Crippen LogP contribution in [0.25, 0.3) is 10.2 Å². The molecular formula is C29H21N5O4S3. The van der Waals surface area contributed by atoms with Crippen LogP contribution in [0.2, 0.25) is 0 Å². The minimum absolute atomic E-state index is 0.0127. The lowest BCUT2D eigenvalue weighted by atomic mass is 10.1. The van der Waals surface area contributed by atoms with Gasteiger partial charge in [-0.1, -0.05) is 35.7 Å². The molecule has 0 aliphatic carbocycles. The zero-order valence-electron chi connectivity index (χ0n) is 21.5. The van der Waals surface area contributed by atoms with E-state index in [0.29, 0.717) is 32.4 Å². The number of pyridine rings is 1. The fourth-order valence-electron chi connectivity index (χ4n) is 3.66. The van der Waals surface area contributed by atoms with E-state index in [1.54, 1.807) is 60.9 Å². The molecule has 3 aromatic carbocycles. The van der Waals surface area contributed by atoms with Crippen molar-refractivity contribution in [2.24, 2.45) is 4.99 Å². The molecule has 0 atom stereocenters. The van der Waals surface area contributed by atoms with Crippen molar-refractivity contribution in [3.05, 3.63) is 106 Å². The maximum absolute atomic E-state index is 12.4. The maximum atomic E-state index is 12.4. The van der Waals surface area contributed by atoms with Gasteiger partial charge in [-0.3, -0.25) is 24.7 Å². The van der Waals surface area contributed by atoms with Crippen LogP contribution in [-0.4, -0.2) is 38.5 Å². The molecule has 0 bridgehead atoms. The van der Waals surface area contributed by atoms with Crippen LogP contribution in [0.3, 0.4) is 0 Å². The second-order valence-corrected chi connectivity index (χ2v) is 11.9. The quantitative estimate of drug-likeness (QED) is 0.0577. The van der Waals surface area contributed by atoms with Crippen molar-refractivity contribution in [3.8, 4) is 0 Å². The summed E-state index contributed by atoms with van der Waals surface area (Å²) in [5.74, 6) is -0.0155. The minimum atomic E-state index is -0.407. The monoisotopic (exact) mass is 599 g/mol. The third-order valence-corrected chi connectivity index (χ3v) is 8.83. The number of amides is 1. The highest BCUT2D eigenvalue weighted by Gasteiger charge is 2.16. The maximum Gasteiger partial charge on any atom is 0.283 e. The molecule has 12 heteroatoms. The molecule has 204 valence electrons. The number of Topliss-reactive ketones (excluding diaryl/α,β-unsaturated/α-hetero) is 1. The van der Waals surface area contributed by atoms with E-state index in [1.165, 1.54) is 47.9 Å².